The number of hydrogen-bond donors (Lipinski definition) is 0. The van der Waals surface area contributed by atoms with Crippen LogP contribution in [0, 0.1) is 6.92 Å². The van der Waals surface area contributed by atoms with Gasteiger partial charge in [0.15, 0.2) is 5.43 Å². The molecular weight excluding hydrogens is 398 g/mol. The van der Waals surface area contributed by atoms with Crippen LogP contribution in [0.2, 0.25) is 5.02 Å². The van der Waals surface area contributed by atoms with Crippen LogP contribution in [0.25, 0.3) is 11.0 Å². The summed E-state index contributed by atoms with van der Waals surface area (Å²) in [6.45, 7) is 1.81. The predicted octanol–water partition coefficient (Wildman–Crippen LogP) is 4.36. The summed E-state index contributed by atoms with van der Waals surface area (Å²) in [7, 11) is 0. The van der Waals surface area contributed by atoms with E-state index in [4.69, 9.17) is 16.0 Å². The van der Waals surface area contributed by atoms with Crippen LogP contribution in [0.5, 0.6) is 0 Å². The van der Waals surface area contributed by atoms with Gasteiger partial charge in [-0.2, -0.15) is 0 Å². The van der Waals surface area contributed by atoms with Gasteiger partial charge in [-0.15, -0.1) is 10.2 Å². The summed E-state index contributed by atoms with van der Waals surface area (Å²) in [5.74, 6) is -0.388. The Balaban J connectivity index is 1.84. The maximum atomic E-state index is 13.3. The van der Waals surface area contributed by atoms with Crippen LogP contribution in [0.4, 0.5) is 5.13 Å². The average Bonchev–Trinajstić information content (AvgIpc) is 3.23. The molecule has 3 heterocycles. The van der Waals surface area contributed by atoms with E-state index in [2.05, 4.69) is 10.2 Å². The van der Waals surface area contributed by atoms with Gasteiger partial charge in [0.25, 0.3) is 5.91 Å². The Labute approximate surface area is 168 Å². The number of halogens is 1. The van der Waals surface area contributed by atoms with E-state index in [-0.39, 0.29) is 11.2 Å². The van der Waals surface area contributed by atoms with Crippen molar-refractivity contribution in [2.45, 2.75) is 13.0 Å². The molecule has 5 rings (SSSR count). The molecule has 1 aliphatic heterocycles. The van der Waals surface area contributed by atoms with E-state index in [9.17, 15) is 9.59 Å². The Morgan fingerprint density at radius 3 is 2.68 bits per heavy atom. The first-order valence-electron chi connectivity index (χ1n) is 8.49. The molecule has 138 valence electrons. The summed E-state index contributed by atoms with van der Waals surface area (Å²) in [5, 5.41) is 10.2. The minimum atomic E-state index is -0.686. The number of rotatable bonds is 2. The highest BCUT2D eigenvalue weighted by atomic mass is 35.5. The minimum absolute atomic E-state index is 0.0292. The van der Waals surface area contributed by atoms with Crippen LogP contribution < -0.4 is 10.3 Å². The molecule has 0 spiro atoms. The van der Waals surface area contributed by atoms with Crippen molar-refractivity contribution >= 4 is 44.9 Å². The summed E-state index contributed by atoms with van der Waals surface area (Å²) in [6, 6.07) is 13.3. The second-order valence-electron chi connectivity index (χ2n) is 6.41. The normalized spacial score (nSPS) is 16.0. The van der Waals surface area contributed by atoms with Gasteiger partial charge in [-0.1, -0.05) is 47.2 Å². The molecule has 0 N–H and O–H groups in total. The third-order valence-corrected chi connectivity index (χ3v) is 5.74. The Kier molecular flexibility index (Phi) is 3.82. The summed E-state index contributed by atoms with van der Waals surface area (Å²) in [6.07, 6.45) is 0. The van der Waals surface area contributed by atoms with Gasteiger partial charge in [0.2, 0.25) is 10.9 Å². The predicted molar refractivity (Wildman–Crippen MR) is 107 cm³/mol. The molecule has 0 bridgehead atoms. The fourth-order valence-electron chi connectivity index (χ4n) is 3.49. The number of hydrogen-bond acceptors (Lipinski definition) is 6. The number of para-hydroxylation sites is 1. The summed E-state index contributed by atoms with van der Waals surface area (Å²) >= 11 is 7.47. The van der Waals surface area contributed by atoms with Crippen molar-refractivity contribution in [3.05, 3.63) is 85.7 Å². The van der Waals surface area contributed by atoms with E-state index in [0.29, 0.717) is 37.3 Å². The quantitative estimate of drug-likeness (QED) is 0.491. The van der Waals surface area contributed by atoms with E-state index in [0.717, 1.165) is 0 Å². The summed E-state index contributed by atoms with van der Waals surface area (Å²) in [4.78, 5) is 28.0. The molecule has 0 unspecified atom stereocenters. The SMILES string of the molecule is Cc1nnc(N2C(=O)c3oc4ccccc4c(=O)c3[C@@H]2c2cccc(Cl)c2)s1. The Hall–Kier alpha value is -3.03. The number of fused-ring (bicyclic) bond motifs is 2. The highest BCUT2D eigenvalue weighted by Gasteiger charge is 2.45. The first-order chi connectivity index (χ1) is 13.5. The van der Waals surface area contributed by atoms with Crippen molar-refractivity contribution in [2.75, 3.05) is 4.90 Å². The molecule has 1 atom stereocenters. The first-order valence-corrected chi connectivity index (χ1v) is 9.69. The van der Waals surface area contributed by atoms with Crippen molar-refractivity contribution in [2.24, 2.45) is 0 Å². The van der Waals surface area contributed by atoms with Crippen molar-refractivity contribution in [1.82, 2.24) is 10.2 Å². The van der Waals surface area contributed by atoms with Crippen molar-refractivity contribution < 1.29 is 9.21 Å². The van der Waals surface area contributed by atoms with Crippen molar-refractivity contribution in [3.63, 3.8) is 0 Å². The fraction of sp³-hybridized carbons (Fsp3) is 0.100. The van der Waals surface area contributed by atoms with Crippen LogP contribution in [-0.4, -0.2) is 16.1 Å². The van der Waals surface area contributed by atoms with Gasteiger partial charge in [0.05, 0.1) is 17.0 Å². The van der Waals surface area contributed by atoms with Crippen molar-refractivity contribution in [3.8, 4) is 0 Å². The van der Waals surface area contributed by atoms with Gasteiger partial charge in [-0.3, -0.25) is 14.5 Å². The van der Waals surface area contributed by atoms with E-state index in [1.165, 1.54) is 16.2 Å². The van der Waals surface area contributed by atoms with Crippen LogP contribution >= 0.6 is 22.9 Å². The van der Waals surface area contributed by atoms with Gasteiger partial charge in [-0.25, -0.2) is 0 Å². The molecule has 0 aliphatic carbocycles. The summed E-state index contributed by atoms with van der Waals surface area (Å²) < 4.78 is 5.87. The molecule has 2 aromatic carbocycles. The van der Waals surface area contributed by atoms with Gasteiger partial charge in [-0.05, 0) is 36.8 Å². The van der Waals surface area contributed by atoms with Gasteiger partial charge in [0.1, 0.15) is 10.6 Å². The standard InChI is InChI=1S/C20H12ClN3O3S/c1-10-22-23-20(28-10)24-16(11-5-4-6-12(21)9-11)15-17(25)13-7-2-3-8-14(13)27-18(15)19(24)26/h2-9,16H,1H3/t16-/m0/s1. The van der Waals surface area contributed by atoms with Crippen LogP contribution in [-0.2, 0) is 0 Å². The highest BCUT2D eigenvalue weighted by Crippen LogP contribution is 2.42. The molecule has 1 aliphatic rings. The lowest BCUT2D eigenvalue weighted by molar-refractivity contribution is 0.0970. The maximum absolute atomic E-state index is 13.3. The van der Waals surface area contributed by atoms with E-state index in [1.54, 1.807) is 49.4 Å². The molecule has 0 fully saturated rings. The van der Waals surface area contributed by atoms with E-state index in [1.807, 2.05) is 6.07 Å². The molecule has 6 nitrogen and oxygen atoms in total. The van der Waals surface area contributed by atoms with Crippen LogP contribution in [0.15, 0.2) is 57.7 Å². The topological polar surface area (TPSA) is 76.3 Å². The molecule has 2 aromatic heterocycles. The second-order valence-corrected chi connectivity index (χ2v) is 8.00. The molecule has 1 amide bonds. The van der Waals surface area contributed by atoms with E-state index < -0.39 is 11.9 Å². The largest absolute Gasteiger partial charge is 0.450 e. The van der Waals surface area contributed by atoms with Gasteiger partial charge in [0, 0.05) is 5.02 Å². The number of amides is 1. The zero-order chi connectivity index (χ0) is 19.4. The lowest BCUT2D eigenvalue weighted by Crippen LogP contribution is -2.29. The monoisotopic (exact) mass is 409 g/mol. The Morgan fingerprint density at radius 2 is 1.93 bits per heavy atom. The van der Waals surface area contributed by atoms with E-state index >= 15 is 0 Å². The number of aryl methyl sites for hydroxylation is 1. The minimum Gasteiger partial charge on any atom is -0.450 e. The fourth-order valence-corrected chi connectivity index (χ4v) is 4.41. The molecule has 0 radical (unpaired) electrons. The lowest BCUT2D eigenvalue weighted by Gasteiger charge is -2.22. The van der Waals surface area contributed by atoms with Gasteiger partial charge >= 0.3 is 0 Å². The third-order valence-electron chi connectivity index (χ3n) is 4.66. The molecule has 0 saturated carbocycles. The smallest absolute Gasteiger partial charge is 0.297 e. The number of benzene rings is 2. The molecule has 4 aromatic rings. The van der Waals surface area contributed by atoms with Gasteiger partial charge < -0.3 is 4.42 Å². The zero-order valence-corrected chi connectivity index (χ0v) is 16.1. The summed E-state index contributed by atoms with van der Waals surface area (Å²) in [5.41, 5.74) is 1.13. The van der Waals surface area contributed by atoms with Crippen LogP contribution in [0.3, 0.4) is 0 Å². The Bertz CT molecular complexity index is 1310. The first kappa shape index (κ1) is 17.1. The van der Waals surface area contributed by atoms with Crippen LogP contribution in [0.1, 0.15) is 32.7 Å². The number of anilines is 1. The molecule has 0 saturated heterocycles. The highest BCUT2D eigenvalue weighted by molar-refractivity contribution is 7.15. The lowest BCUT2D eigenvalue weighted by atomic mass is 9.99. The number of nitrogens with zero attached hydrogens (tertiary/aromatic N) is 3. The number of aromatic nitrogens is 2. The average molecular weight is 410 g/mol. The maximum Gasteiger partial charge on any atom is 0.297 e. The zero-order valence-electron chi connectivity index (χ0n) is 14.5. The molecular formula is C20H12ClN3O3S. The molecule has 28 heavy (non-hydrogen) atoms. The molecule has 8 heteroatoms. The second kappa shape index (κ2) is 6.25. The number of carbonyl (C=O) groups excluding carboxylic acids is 1. The number of carbonyl (C=O) groups is 1. The van der Waals surface area contributed by atoms with Crippen molar-refractivity contribution in [1.29, 1.82) is 0 Å². The Morgan fingerprint density at radius 1 is 1.11 bits per heavy atom. The third kappa shape index (κ3) is 2.47.